The summed E-state index contributed by atoms with van der Waals surface area (Å²) in [6.07, 6.45) is 0.0394. The van der Waals surface area contributed by atoms with Gasteiger partial charge in [0, 0.05) is 18.7 Å². The topological polar surface area (TPSA) is 89.6 Å². The van der Waals surface area contributed by atoms with Crippen molar-refractivity contribution in [1.82, 2.24) is 0 Å². The summed E-state index contributed by atoms with van der Waals surface area (Å²) in [6, 6.07) is 7.21. The van der Waals surface area contributed by atoms with Crippen LogP contribution in [0.4, 0.5) is 0 Å². The molecule has 0 bridgehead atoms. The first-order valence-corrected chi connectivity index (χ1v) is 8.84. The zero-order valence-electron chi connectivity index (χ0n) is 13.0. The molecule has 1 rings (SSSR count). The quantitative estimate of drug-likeness (QED) is 0.792. The molecule has 0 amide bonds. The summed E-state index contributed by atoms with van der Waals surface area (Å²) in [7, 11) is -3.41. The lowest BCUT2D eigenvalue weighted by molar-refractivity contribution is 0.110. The molecule has 0 radical (unpaired) electrons. The smallest absolute Gasteiger partial charge is 0.155 e. The van der Waals surface area contributed by atoms with Crippen LogP contribution >= 0.6 is 0 Å². The normalized spacial score (nSPS) is 15.5. The third kappa shape index (κ3) is 3.96. The predicted octanol–water partition coefficient (Wildman–Crippen LogP) is 1.31. The number of benzene rings is 1. The molecule has 0 aliphatic rings. The molecule has 5 nitrogen and oxygen atoms in total. The van der Waals surface area contributed by atoms with Crippen molar-refractivity contribution in [2.75, 3.05) is 19.4 Å². The zero-order chi connectivity index (χ0) is 16.3. The standard InChI is InChI=1S/C15H25NO4S/c1-5-20-12-8-6-11(7-9-12)13(10-16)14(17)15(2,3)21(4,18)19/h6-9,13-14,17H,5,10,16H2,1-4H3. The maximum Gasteiger partial charge on any atom is 0.155 e. The van der Waals surface area contributed by atoms with Crippen molar-refractivity contribution in [3.05, 3.63) is 29.8 Å². The number of ether oxygens (including phenoxy) is 1. The van der Waals surface area contributed by atoms with E-state index >= 15 is 0 Å². The Bertz CT molecular complexity index is 552. The highest BCUT2D eigenvalue weighted by atomic mass is 32.2. The Morgan fingerprint density at radius 3 is 2.19 bits per heavy atom. The summed E-state index contributed by atoms with van der Waals surface area (Å²) in [6.45, 7) is 5.67. The monoisotopic (exact) mass is 315 g/mol. The molecular formula is C15H25NO4S. The molecule has 2 unspecified atom stereocenters. The van der Waals surface area contributed by atoms with E-state index in [0.29, 0.717) is 6.61 Å². The second-order valence-corrected chi connectivity index (χ2v) is 8.26. The van der Waals surface area contributed by atoms with E-state index < -0.39 is 26.6 Å². The number of nitrogens with two attached hydrogens (primary N) is 1. The molecule has 6 heteroatoms. The molecule has 0 spiro atoms. The molecule has 0 saturated carbocycles. The minimum atomic E-state index is -3.41. The molecule has 0 heterocycles. The van der Waals surface area contributed by atoms with Crippen molar-refractivity contribution >= 4 is 9.84 Å². The molecule has 21 heavy (non-hydrogen) atoms. The van der Waals surface area contributed by atoms with Crippen LogP contribution in [-0.4, -0.2) is 43.8 Å². The molecule has 3 N–H and O–H groups in total. The zero-order valence-corrected chi connectivity index (χ0v) is 13.9. The highest BCUT2D eigenvalue weighted by Crippen LogP contribution is 2.31. The minimum absolute atomic E-state index is 0.161. The number of aliphatic hydroxyl groups is 1. The average Bonchev–Trinajstić information content (AvgIpc) is 2.40. The van der Waals surface area contributed by atoms with Crippen LogP contribution in [0.2, 0.25) is 0 Å². The van der Waals surface area contributed by atoms with E-state index in [1.165, 1.54) is 13.8 Å². The van der Waals surface area contributed by atoms with Gasteiger partial charge in [-0.25, -0.2) is 8.42 Å². The Morgan fingerprint density at radius 1 is 1.29 bits per heavy atom. The highest BCUT2D eigenvalue weighted by molar-refractivity contribution is 7.92. The van der Waals surface area contributed by atoms with Gasteiger partial charge in [0.25, 0.3) is 0 Å². The van der Waals surface area contributed by atoms with Gasteiger partial charge < -0.3 is 15.6 Å². The van der Waals surface area contributed by atoms with E-state index in [4.69, 9.17) is 10.5 Å². The van der Waals surface area contributed by atoms with Gasteiger partial charge in [-0.05, 0) is 38.5 Å². The van der Waals surface area contributed by atoms with Crippen LogP contribution in [0, 0.1) is 0 Å². The SMILES string of the molecule is CCOc1ccc(C(CN)C(O)C(C)(C)S(C)(=O)=O)cc1. The molecule has 1 aromatic carbocycles. The number of hydrogen-bond donors (Lipinski definition) is 2. The molecule has 1 aromatic rings. The molecule has 2 atom stereocenters. The van der Waals surface area contributed by atoms with Crippen LogP contribution in [0.15, 0.2) is 24.3 Å². The second-order valence-electron chi connectivity index (χ2n) is 5.66. The first kappa shape index (κ1) is 17.9. The Balaban J connectivity index is 3.07. The Morgan fingerprint density at radius 2 is 1.81 bits per heavy atom. The van der Waals surface area contributed by atoms with Crippen molar-refractivity contribution in [2.45, 2.75) is 37.5 Å². The van der Waals surface area contributed by atoms with Crippen LogP contribution in [-0.2, 0) is 9.84 Å². The van der Waals surface area contributed by atoms with Gasteiger partial charge in [0.1, 0.15) is 5.75 Å². The summed E-state index contributed by atoms with van der Waals surface area (Å²) in [5.41, 5.74) is 6.55. The Kier molecular flexibility index (Phi) is 5.78. The summed E-state index contributed by atoms with van der Waals surface area (Å²) >= 11 is 0. The summed E-state index contributed by atoms with van der Waals surface area (Å²) in [5.74, 6) is 0.277. The van der Waals surface area contributed by atoms with Crippen molar-refractivity contribution in [2.24, 2.45) is 5.73 Å². The van der Waals surface area contributed by atoms with Crippen LogP contribution < -0.4 is 10.5 Å². The van der Waals surface area contributed by atoms with Crippen molar-refractivity contribution in [3.63, 3.8) is 0 Å². The molecule has 120 valence electrons. The van der Waals surface area contributed by atoms with Gasteiger partial charge >= 0.3 is 0 Å². The number of rotatable bonds is 7. The second kappa shape index (κ2) is 6.77. The van der Waals surface area contributed by atoms with E-state index in [0.717, 1.165) is 17.6 Å². The molecule has 0 aliphatic heterocycles. The van der Waals surface area contributed by atoms with E-state index in [1.807, 2.05) is 19.1 Å². The van der Waals surface area contributed by atoms with Gasteiger partial charge in [0.2, 0.25) is 0 Å². The molecule has 0 aliphatic carbocycles. The van der Waals surface area contributed by atoms with Gasteiger partial charge in [-0.15, -0.1) is 0 Å². The van der Waals surface area contributed by atoms with Gasteiger partial charge in [-0.3, -0.25) is 0 Å². The minimum Gasteiger partial charge on any atom is -0.494 e. The van der Waals surface area contributed by atoms with Gasteiger partial charge in [-0.2, -0.15) is 0 Å². The van der Waals surface area contributed by atoms with Crippen LogP contribution in [0.3, 0.4) is 0 Å². The molecule has 0 saturated heterocycles. The maximum absolute atomic E-state index is 11.9. The lowest BCUT2D eigenvalue weighted by Crippen LogP contribution is -2.48. The Hall–Kier alpha value is -1.11. The lowest BCUT2D eigenvalue weighted by atomic mass is 9.87. The van der Waals surface area contributed by atoms with E-state index in [-0.39, 0.29) is 6.54 Å². The van der Waals surface area contributed by atoms with Crippen molar-refractivity contribution in [1.29, 1.82) is 0 Å². The molecular weight excluding hydrogens is 290 g/mol. The number of aliphatic hydroxyl groups excluding tert-OH is 1. The number of hydrogen-bond acceptors (Lipinski definition) is 5. The summed E-state index contributed by atoms with van der Waals surface area (Å²) < 4.78 is 27.8. The lowest BCUT2D eigenvalue weighted by Gasteiger charge is -2.34. The average molecular weight is 315 g/mol. The van der Waals surface area contributed by atoms with Crippen LogP contribution in [0.5, 0.6) is 5.75 Å². The van der Waals surface area contributed by atoms with E-state index in [9.17, 15) is 13.5 Å². The first-order chi connectivity index (χ1) is 9.65. The largest absolute Gasteiger partial charge is 0.494 e. The van der Waals surface area contributed by atoms with Gasteiger partial charge in [-0.1, -0.05) is 12.1 Å². The summed E-state index contributed by atoms with van der Waals surface area (Å²) in [4.78, 5) is 0. The maximum atomic E-state index is 11.9. The van der Waals surface area contributed by atoms with Gasteiger partial charge in [0.15, 0.2) is 9.84 Å². The van der Waals surface area contributed by atoms with E-state index in [1.54, 1.807) is 12.1 Å². The van der Waals surface area contributed by atoms with Gasteiger partial charge in [0.05, 0.1) is 17.5 Å². The first-order valence-electron chi connectivity index (χ1n) is 6.95. The molecule has 0 aromatic heterocycles. The predicted molar refractivity (Wildman–Crippen MR) is 84.3 cm³/mol. The van der Waals surface area contributed by atoms with Crippen molar-refractivity contribution < 1.29 is 18.3 Å². The third-order valence-corrected chi connectivity index (χ3v) is 6.08. The third-order valence-electron chi connectivity index (χ3n) is 3.92. The van der Waals surface area contributed by atoms with Crippen molar-refractivity contribution in [3.8, 4) is 5.75 Å². The van der Waals surface area contributed by atoms with Crippen LogP contribution in [0.25, 0.3) is 0 Å². The summed E-state index contributed by atoms with van der Waals surface area (Å²) in [5, 5.41) is 10.5. The fourth-order valence-corrected chi connectivity index (χ4v) is 2.73. The van der Waals surface area contributed by atoms with E-state index in [2.05, 4.69) is 0 Å². The molecule has 0 fully saturated rings. The van der Waals surface area contributed by atoms with Crippen LogP contribution in [0.1, 0.15) is 32.3 Å². The highest BCUT2D eigenvalue weighted by Gasteiger charge is 2.42. The Labute approximate surface area is 127 Å². The fourth-order valence-electron chi connectivity index (χ4n) is 2.13. The fraction of sp³-hybridized carbons (Fsp3) is 0.600. The number of sulfone groups is 1.